The van der Waals surface area contributed by atoms with Crippen molar-refractivity contribution < 1.29 is 0 Å². The molecule has 0 atom stereocenters. The third-order valence-electron chi connectivity index (χ3n) is 4.07. The van der Waals surface area contributed by atoms with Gasteiger partial charge in [0, 0.05) is 0 Å². The van der Waals surface area contributed by atoms with Crippen molar-refractivity contribution in [2.45, 2.75) is 32.3 Å². The average molecular weight is 210 g/mol. The zero-order valence-corrected chi connectivity index (χ0v) is 11.1. The Morgan fingerprint density at radius 3 is 2.00 bits per heavy atom. The topological polar surface area (TPSA) is 0 Å². The van der Waals surface area contributed by atoms with Crippen LogP contribution in [0.3, 0.4) is 0 Å². The maximum absolute atomic E-state index is 2.48. The number of rotatable bonds is 3. The summed E-state index contributed by atoms with van der Waals surface area (Å²) < 4.78 is 0. The molecular weight excluding hydrogens is 187 g/mol. The van der Waals surface area contributed by atoms with E-state index < -0.39 is 7.26 Å². The van der Waals surface area contributed by atoms with Gasteiger partial charge in [0.15, 0.2) is 0 Å². The van der Waals surface area contributed by atoms with Gasteiger partial charge in [-0.25, -0.2) is 0 Å². The molecule has 0 fully saturated rings. The van der Waals surface area contributed by atoms with Gasteiger partial charge in [-0.15, -0.1) is 0 Å². The van der Waals surface area contributed by atoms with E-state index in [0.717, 1.165) is 0 Å². The van der Waals surface area contributed by atoms with E-state index in [9.17, 15) is 0 Å². The summed E-state index contributed by atoms with van der Waals surface area (Å²) in [6.45, 7) is 12.1. The third-order valence-corrected chi connectivity index (χ3v) is 9.59. The maximum atomic E-state index is 2.48. The predicted octanol–water partition coefficient (Wildman–Crippen LogP) is 3.51. The van der Waals surface area contributed by atoms with Gasteiger partial charge in [0.05, 0.1) is 0 Å². The van der Waals surface area contributed by atoms with E-state index in [1.165, 1.54) is 6.42 Å². The van der Waals surface area contributed by atoms with Crippen LogP contribution in [0, 0.1) is 0 Å². The monoisotopic (exact) mass is 210 g/mol. The van der Waals surface area contributed by atoms with E-state index >= 15 is 0 Å². The first-order valence-electron chi connectivity index (χ1n) is 5.47. The predicted molar refractivity (Wildman–Crippen MR) is 70.6 cm³/mol. The van der Waals surface area contributed by atoms with Crippen molar-refractivity contribution in [2.75, 3.05) is 13.3 Å². The molecule has 0 spiro atoms. The second-order valence-corrected chi connectivity index (χ2v) is 10.4. The molecule has 0 aliphatic carbocycles. The fraction of sp³-hybridized carbons (Fsp3) is 0.538. The molecule has 0 N–H and O–H groups in total. The molecule has 0 radical (unpaired) electrons. The molecule has 0 saturated heterocycles. The van der Waals surface area contributed by atoms with Crippen LogP contribution in [0.1, 0.15) is 27.2 Å². The standard InChI is InChI=1S/C13H23P/c1-6-13(2,3)14(4,5)12-10-8-7-9-11-12/h7-11,14H,6H2,1-5H3. The molecule has 14 heavy (non-hydrogen) atoms. The second kappa shape index (κ2) is 4.03. The molecule has 0 unspecified atom stereocenters. The molecule has 1 rings (SSSR count). The van der Waals surface area contributed by atoms with E-state index in [2.05, 4.69) is 64.4 Å². The summed E-state index contributed by atoms with van der Waals surface area (Å²) in [7, 11) is -1.31. The Morgan fingerprint density at radius 2 is 1.57 bits per heavy atom. The van der Waals surface area contributed by atoms with Gasteiger partial charge in [0.2, 0.25) is 0 Å². The van der Waals surface area contributed by atoms with Crippen LogP contribution in [0.5, 0.6) is 0 Å². The zero-order valence-electron chi connectivity index (χ0n) is 10.1. The molecule has 1 heteroatoms. The van der Waals surface area contributed by atoms with E-state index in [1.807, 2.05) is 0 Å². The average Bonchev–Trinajstić information content (AvgIpc) is 2.19. The van der Waals surface area contributed by atoms with E-state index in [0.29, 0.717) is 5.16 Å². The zero-order chi connectivity index (χ0) is 10.8. The SMILES string of the molecule is CCC(C)(C)[PH](C)(C)c1ccccc1. The van der Waals surface area contributed by atoms with Crippen molar-refractivity contribution in [1.29, 1.82) is 0 Å². The van der Waals surface area contributed by atoms with Gasteiger partial charge >= 0.3 is 88.6 Å². The van der Waals surface area contributed by atoms with Crippen molar-refractivity contribution in [1.82, 2.24) is 0 Å². The molecule has 0 amide bonds. The Hall–Kier alpha value is -0.350. The molecule has 0 saturated carbocycles. The second-order valence-electron chi connectivity index (χ2n) is 5.23. The quantitative estimate of drug-likeness (QED) is 0.670. The summed E-state index contributed by atoms with van der Waals surface area (Å²) in [6, 6.07) is 11.0. The molecule has 0 bridgehead atoms. The Balaban J connectivity index is 3.08. The first kappa shape index (κ1) is 11.7. The van der Waals surface area contributed by atoms with Gasteiger partial charge in [-0.2, -0.15) is 0 Å². The van der Waals surface area contributed by atoms with E-state index in [-0.39, 0.29) is 0 Å². The van der Waals surface area contributed by atoms with Crippen LogP contribution in [0.2, 0.25) is 0 Å². The molecular formula is C13H23P. The van der Waals surface area contributed by atoms with Gasteiger partial charge in [-0.05, 0) is 0 Å². The number of benzene rings is 1. The normalized spacial score (nSPS) is 14.1. The summed E-state index contributed by atoms with van der Waals surface area (Å²) in [5.41, 5.74) is 0. The van der Waals surface area contributed by atoms with Crippen LogP contribution in [-0.4, -0.2) is 18.5 Å². The first-order valence-corrected chi connectivity index (χ1v) is 8.47. The molecule has 0 nitrogen and oxygen atoms in total. The summed E-state index contributed by atoms with van der Waals surface area (Å²) in [5.74, 6) is 0. The first-order chi connectivity index (χ1) is 6.42. The van der Waals surface area contributed by atoms with Crippen molar-refractivity contribution in [3.63, 3.8) is 0 Å². The minimum absolute atomic E-state index is 0.481. The van der Waals surface area contributed by atoms with Crippen molar-refractivity contribution in [3.05, 3.63) is 30.3 Å². The van der Waals surface area contributed by atoms with Crippen LogP contribution in [0.4, 0.5) is 0 Å². The van der Waals surface area contributed by atoms with Crippen molar-refractivity contribution in [3.8, 4) is 0 Å². The minimum atomic E-state index is -1.31. The fourth-order valence-electron chi connectivity index (χ4n) is 1.69. The third kappa shape index (κ3) is 2.01. The van der Waals surface area contributed by atoms with Crippen molar-refractivity contribution in [2.24, 2.45) is 0 Å². The molecule has 0 aromatic heterocycles. The number of hydrogen-bond acceptors (Lipinski definition) is 0. The van der Waals surface area contributed by atoms with Gasteiger partial charge in [-0.1, -0.05) is 0 Å². The van der Waals surface area contributed by atoms with Gasteiger partial charge in [0.1, 0.15) is 0 Å². The van der Waals surface area contributed by atoms with Gasteiger partial charge < -0.3 is 0 Å². The molecule has 0 heterocycles. The van der Waals surface area contributed by atoms with Crippen LogP contribution in [0.25, 0.3) is 0 Å². The van der Waals surface area contributed by atoms with Crippen LogP contribution in [0.15, 0.2) is 30.3 Å². The van der Waals surface area contributed by atoms with Crippen molar-refractivity contribution >= 4 is 12.6 Å². The molecule has 1 aromatic carbocycles. The summed E-state index contributed by atoms with van der Waals surface area (Å²) in [6.07, 6.45) is 1.26. The molecule has 0 aliphatic heterocycles. The molecule has 0 aliphatic rings. The Bertz CT molecular complexity index is 285. The van der Waals surface area contributed by atoms with Gasteiger partial charge in [0.25, 0.3) is 0 Å². The Labute approximate surface area is 89.1 Å². The number of hydrogen-bond donors (Lipinski definition) is 0. The fourth-order valence-corrected chi connectivity index (χ4v) is 4.38. The Morgan fingerprint density at radius 1 is 1.07 bits per heavy atom. The van der Waals surface area contributed by atoms with E-state index in [1.54, 1.807) is 5.30 Å². The molecule has 80 valence electrons. The van der Waals surface area contributed by atoms with E-state index in [4.69, 9.17) is 0 Å². The molecule has 1 aromatic rings. The van der Waals surface area contributed by atoms with Gasteiger partial charge in [-0.3, -0.25) is 0 Å². The van der Waals surface area contributed by atoms with Crippen LogP contribution < -0.4 is 5.30 Å². The summed E-state index contributed by atoms with van der Waals surface area (Å²) >= 11 is 0. The summed E-state index contributed by atoms with van der Waals surface area (Å²) in [4.78, 5) is 0. The Kier molecular flexibility index (Phi) is 3.37. The van der Waals surface area contributed by atoms with Crippen LogP contribution in [-0.2, 0) is 0 Å². The van der Waals surface area contributed by atoms with Crippen LogP contribution >= 0.6 is 7.26 Å². The summed E-state index contributed by atoms with van der Waals surface area (Å²) in [5, 5.41) is 2.06.